The van der Waals surface area contributed by atoms with E-state index in [1.165, 1.54) is 6.20 Å². The Bertz CT molecular complexity index is 147. The molecular formula is C5H10N2O2S. The van der Waals surface area contributed by atoms with Crippen molar-refractivity contribution in [1.29, 1.82) is 0 Å². The molecule has 0 aromatic carbocycles. The molecule has 0 fully saturated rings. The molecule has 0 saturated carbocycles. The molecular weight excluding hydrogens is 152 g/mol. The Morgan fingerprint density at radius 3 is 2.80 bits per heavy atom. The third kappa shape index (κ3) is 3.34. The molecule has 10 heavy (non-hydrogen) atoms. The molecule has 0 aliphatic carbocycles. The van der Waals surface area contributed by atoms with Gasteiger partial charge in [-0.3, -0.25) is 10.1 Å². The highest BCUT2D eigenvalue weighted by atomic mass is 32.2. The molecule has 0 aliphatic heterocycles. The lowest BCUT2D eigenvalue weighted by atomic mass is 10.7. The Morgan fingerprint density at radius 1 is 1.90 bits per heavy atom. The van der Waals surface area contributed by atoms with Crippen LogP contribution in [-0.4, -0.2) is 17.7 Å². The van der Waals surface area contributed by atoms with Gasteiger partial charge in [0.2, 0.25) is 0 Å². The molecule has 5 heteroatoms. The first-order valence-corrected chi connectivity index (χ1v) is 4.06. The van der Waals surface area contributed by atoms with E-state index >= 15 is 0 Å². The standard InChI is InChI=1S/C5H10N2O2S/c1-3-6-4-5(10-2)7(8)9/h4,6H,3H2,1-2H3. The van der Waals surface area contributed by atoms with E-state index in [1.807, 2.05) is 6.92 Å². The van der Waals surface area contributed by atoms with Crippen molar-refractivity contribution in [2.24, 2.45) is 0 Å². The zero-order valence-electron chi connectivity index (χ0n) is 5.96. The van der Waals surface area contributed by atoms with E-state index in [0.29, 0.717) is 6.54 Å². The molecule has 0 spiro atoms. The van der Waals surface area contributed by atoms with Gasteiger partial charge < -0.3 is 5.32 Å². The normalized spacial score (nSPS) is 11.2. The molecule has 1 N–H and O–H groups in total. The van der Waals surface area contributed by atoms with Crippen LogP contribution in [0.5, 0.6) is 0 Å². The van der Waals surface area contributed by atoms with Gasteiger partial charge in [-0.05, 0) is 13.2 Å². The predicted octanol–water partition coefficient (Wildman–Crippen LogP) is 1.03. The van der Waals surface area contributed by atoms with Crippen molar-refractivity contribution in [3.05, 3.63) is 21.3 Å². The van der Waals surface area contributed by atoms with Crippen LogP contribution in [-0.2, 0) is 0 Å². The summed E-state index contributed by atoms with van der Waals surface area (Å²) >= 11 is 1.12. The van der Waals surface area contributed by atoms with E-state index in [2.05, 4.69) is 5.32 Å². The lowest BCUT2D eigenvalue weighted by molar-refractivity contribution is -0.410. The van der Waals surface area contributed by atoms with Crippen molar-refractivity contribution in [2.75, 3.05) is 12.8 Å². The van der Waals surface area contributed by atoms with Crippen molar-refractivity contribution in [3.8, 4) is 0 Å². The minimum atomic E-state index is -0.409. The number of hydrogen-bond donors (Lipinski definition) is 1. The Hall–Kier alpha value is -0.710. The number of nitrogens with zero attached hydrogens (tertiary/aromatic N) is 1. The third-order valence-electron chi connectivity index (χ3n) is 0.819. The minimum absolute atomic E-state index is 0.141. The van der Waals surface area contributed by atoms with Crippen molar-refractivity contribution < 1.29 is 4.92 Å². The van der Waals surface area contributed by atoms with Gasteiger partial charge in [0.25, 0.3) is 0 Å². The molecule has 0 atom stereocenters. The first kappa shape index (κ1) is 9.29. The molecule has 0 rings (SSSR count). The molecule has 4 nitrogen and oxygen atoms in total. The first-order chi connectivity index (χ1) is 4.72. The van der Waals surface area contributed by atoms with Crippen LogP contribution in [0.25, 0.3) is 0 Å². The van der Waals surface area contributed by atoms with Gasteiger partial charge in [-0.2, -0.15) is 0 Å². The largest absolute Gasteiger partial charge is 0.385 e. The van der Waals surface area contributed by atoms with E-state index in [1.54, 1.807) is 6.26 Å². The fourth-order valence-corrected chi connectivity index (χ4v) is 0.726. The average Bonchev–Trinajstić information content (AvgIpc) is 1.89. The Labute approximate surface area is 63.8 Å². The van der Waals surface area contributed by atoms with Crippen LogP contribution < -0.4 is 5.32 Å². The van der Waals surface area contributed by atoms with Crippen LogP contribution in [0, 0.1) is 10.1 Å². The lowest BCUT2D eigenvalue weighted by Crippen LogP contribution is -2.06. The average molecular weight is 162 g/mol. The van der Waals surface area contributed by atoms with Crippen LogP contribution in [0.4, 0.5) is 0 Å². The summed E-state index contributed by atoms with van der Waals surface area (Å²) in [5, 5.41) is 13.0. The second-order valence-electron chi connectivity index (χ2n) is 1.50. The van der Waals surface area contributed by atoms with Crippen LogP contribution in [0.2, 0.25) is 0 Å². The molecule has 0 saturated heterocycles. The van der Waals surface area contributed by atoms with Crippen molar-refractivity contribution in [3.63, 3.8) is 0 Å². The summed E-state index contributed by atoms with van der Waals surface area (Å²) in [6, 6.07) is 0. The molecule has 0 unspecified atom stereocenters. The molecule has 0 bridgehead atoms. The molecule has 0 amide bonds. The molecule has 0 aromatic rings. The zero-order valence-corrected chi connectivity index (χ0v) is 6.77. The van der Waals surface area contributed by atoms with Crippen LogP contribution in [0.1, 0.15) is 6.92 Å². The molecule has 0 aromatic heterocycles. The highest BCUT2D eigenvalue weighted by Crippen LogP contribution is 2.09. The first-order valence-electron chi connectivity index (χ1n) is 2.84. The molecule has 0 heterocycles. The highest BCUT2D eigenvalue weighted by Gasteiger charge is 2.05. The topological polar surface area (TPSA) is 55.2 Å². The van der Waals surface area contributed by atoms with Crippen LogP contribution in [0.3, 0.4) is 0 Å². The second-order valence-corrected chi connectivity index (χ2v) is 2.33. The van der Waals surface area contributed by atoms with E-state index in [0.717, 1.165) is 11.8 Å². The number of nitrogens with one attached hydrogen (secondary N) is 1. The van der Waals surface area contributed by atoms with E-state index in [-0.39, 0.29) is 5.03 Å². The van der Waals surface area contributed by atoms with Gasteiger partial charge in [-0.25, -0.2) is 0 Å². The van der Waals surface area contributed by atoms with E-state index in [9.17, 15) is 10.1 Å². The summed E-state index contributed by atoms with van der Waals surface area (Å²) in [4.78, 5) is 9.70. The minimum Gasteiger partial charge on any atom is -0.385 e. The summed E-state index contributed by atoms with van der Waals surface area (Å²) < 4.78 is 0. The van der Waals surface area contributed by atoms with Crippen molar-refractivity contribution in [1.82, 2.24) is 5.32 Å². The van der Waals surface area contributed by atoms with Gasteiger partial charge >= 0.3 is 5.03 Å². The Balaban J connectivity index is 3.91. The second kappa shape index (κ2) is 5.10. The van der Waals surface area contributed by atoms with Crippen molar-refractivity contribution >= 4 is 11.8 Å². The van der Waals surface area contributed by atoms with E-state index < -0.39 is 4.92 Å². The quantitative estimate of drug-likeness (QED) is 0.495. The van der Waals surface area contributed by atoms with Gasteiger partial charge in [0.05, 0.1) is 11.1 Å². The monoisotopic (exact) mass is 162 g/mol. The predicted molar refractivity (Wildman–Crippen MR) is 42.3 cm³/mol. The number of rotatable bonds is 4. The number of nitro groups is 1. The lowest BCUT2D eigenvalue weighted by Gasteiger charge is -1.93. The highest BCUT2D eigenvalue weighted by molar-refractivity contribution is 8.02. The van der Waals surface area contributed by atoms with E-state index in [4.69, 9.17) is 0 Å². The van der Waals surface area contributed by atoms with Gasteiger partial charge in [-0.15, -0.1) is 0 Å². The third-order valence-corrected chi connectivity index (χ3v) is 1.50. The van der Waals surface area contributed by atoms with Crippen LogP contribution in [0.15, 0.2) is 11.2 Å². The van der Waals surface area contributed by atoms with Crippen molar-refractivity contribution in [2.45, 2.75) is 6.92 Å². The summed E-state index contributed by atoms with van der Waals surface area (Å²) in [7, 11) is 0. The Morgan fingerprint density at radius 2 is 2.50 bits per heavy atom. The van der Waals surface area contributed by atoms with Gasteiger partial charge in [0.15, 0.2) is 0 Å². The van der Waals surface area contributed by atoms with Gasteiger partial charge in [0.1, 0.15) is 0 Å². The number of thioether (sulfide) groups is 1. The van der Waals surface area contributed by atoms with Crippen LogP contribution >= 0.6 is 11.8 Å². The maximum atomic E-state index is 10.1. The fourth-order valence-electron chi connectivity index (χ4n) is 0.376. The summed E-state index contributed by atoms with van der Waals surface area (Å²) in [5.41, 5.74) is 0. The molecule has 0 aliphatic rings. The summed E-state index contributed by atoms with van der Waals surface area (Å²) in [6.07, 6.45) is 3.08. The molecule has 58 valence electrons. The molecule has 0 radical (unpaired) electrons. The zero-order chi connectivity index (χ0) is 7.98. The van der Waals surface area contributed by atoms with Gasteiger partial charge in [0, 0.05) is 6.54 Å². The maximum absolute atomic E-state index is 10.1. The maximum Gasteiger partial charge on any atom is 0.318 e. The smallest absolute Gasteiger partial charge is 0.318 e. The van der Waals surface area contributed by atoms with Gasteiger partial charge in [-0.1, -0.05) is 11.8 Å². The number of hydrogen-bond acceptors (Lipinski definition) is 4. The Kier molecular flexibility index (Phi) is 4.74. The SMILES string of the molecule is CCNC=C(SC)[N+](=O)[O-]. The fraction of sp³-hybridized carbons (Fsp3) is 0.600. The summed E-state index contributed by atoms with van der Waals surface area (Å²) in [5.74, 6) is 0. The summed E-state index contributed by atoms with van der Waals surface area (Å²) in [6.45, 7) is 2.59.